The predicted molar refractivity (Wildman–Crippen MR) is 142 cm³/mol. The lowest BCUT2D eigenvalue weighted by atomic mass is 9.78. The highest BCUT2D eigenvalue weighted by Crippen LogP contribution is 2.33. The smallest absolute Gasteiger partial charge is 0.206 e. The minimum absolute atomic E-state index is 0.0310. The van der Waals surface area contributed by atoms with E-state index in [4.69, 9.17) is 4.74 Å². The molecule has 0 bridgehead atoms. The third-order valence-corrected chi connectivity index (χ3v) is 8.26. The number of rotatable bonds is 6. The summed E-state index contributed by atoms with van der Waals surface area (Å²) >= 11 is 0. The van der Waals surface area contributed by atoms with Crippen molar-refractivity contribution in [3.63, 3.8) is 0 Å². The van der Waals surface area contributed by atoms with Gasteiger partial charge in [0.05, 0.1) is 9.79 Å². The molecule has 0 radical (unpaired) electrons. The molecule has 0 unspecified atom stereocenters. The highest BCUT2D eigenvalue weighted by molar-refractivity contribution is 7.91. The summed E-state index contributed by atoms with van der Waals surface area (Å²) in [6.45, 7) is 10.7. The second-order valence-electron chi connectivity index (χ2n) is 10.4. The molecule has 180 valence electrons. The number of benzene rings is 4. The van der Waals surface area contributed by atoms with Gasteiger partial charge >= 0.3 is 0 Å². The van der Waals surface area contributed by atoms with Gasteiger partial charge in [0.2, 0.25) is 9.84 Å². The molecule has 3 nitrogen and oxygen atoms in total. The first-order valence-electron chi connectivity index (χ1n) is 11.8. The van der Waals surface area contributed by atoms with Gasteiger partial charge in [-0.3, -0.25) is 0 Å². The van der Waals surface area contributed by atoms with Crippen LogP contribution in [0.3, 0.4) is 0 Å². The van der Waals surface area contributed by atoms with E-state index in [0.717, 1.165) is 5.56 Å². The van der Waals surface area contributed by atoms with Crippen LogP contribution in [0.2, 0.25) is 0 Å². The van der Waals surface area contributed by atoms with Gasteiger partial charge in [0.1, 0.15) is 11.5 Å². The van der Waals surface area contributed by atoms with E-state index in [1.165, 1.54) is 11.1 Å². The van der Waals surface area contributed by atoms with E-state index >= 15 is 0 Å². The molecule has 0 aromatic heterocycles. The first-order chi connectivity index (χ1) is 16.5. The fourth-order valence-corrected chi connectivity index (χ4v) is 5.32. The second-order valence-corrected chi connectivity index (χ2v) is 12.3. The molecule has 0 amide bonds. The van der Waals surface area contributed by atoms with Crippen molar-refractivity contribution in [3.05, 3.63) is 120 Å². The first-order valence-corrected chi connectivity index (χ1v) is 13.3. The van der Waals surface area contributed by atoms with Crippen LogP contribution < -0.4 is 4.74 Å². The summed E-state index contributed by atoms with van der Waals surface area (Å²) in [6, 6.07) is 32.1. The average Bonchev–Trinajstić information content (AvgIpc) is 2.85. The molecule has 4 heteroatoms. The van der Waals surface area contributed by atoms with Crippen molar-refractivity contribution in [3.8, 4) is 11.5 Å². The Labute approximate surface area is 209 Å². The number of hydrogen-bond acceptors (Lipinski definition) is 3. The highest BCUT2D eigenvalue weighted by atomic mass is 32.2. The van der Waals surface area contributed by atoms with Gasteiger partial charge in [0.15, 0.2) is 0 Å². The normalized spacial score (nSPS) is 12.4. The third kappa shape index (κ3) is 5.33. The lowest BCUT2D eigenvalue weighted by Gasteiger charge is -2.26. The summed E-state index contributed by atoms with van der Waals surface area (Å²) in [5, 5.41) is 0. The van der Waals surface area contributed by atoms with Gasteiger partial charge in [-0.15, -0.1) is 0 Å². The Bertz CT molecular complexity index is 1380. The molecule has 4 aromatic carbocycles. The molecule has 0 saturated heterocycles. The van der Waals surface area contributed by atoms with Crippen LogP contribution in [-0.2, 0) is 20.7 Å². The lowest BCUT2D eigenvalue weighted by Crippen LogP contribution is -2.18. The minimum atomic E-state index is -3.59. The third-order valence-electron chi connectivity index (χ3n) is 6.47. The van der Waals surface area contributed by atoms with Crippen LogP contribution in [0.5, 0.6) is 11.5 Å². The van der Waals surface area contributed by atoms with E-state index in [1.54, 1.807) is 36.4 Å². The van der Waals surface area contributed by atoms with Gasteiger partial charge in [0, 0.05) is 5.41 Å². The maximum atomic E-state index is 13.1. The molecule has 0 fully saturated rings. The average molecular weight is 485 g/mol. The number of hydrogen-bond donors (Lipinski definition) is 0. The van der Waals surface area contributed by atoms with Crippen LogP contribution in [0, 0.1) is 0 Å². The lowest BCUT2D eigenvalue weighted by molar-refractivity contribution is 0.481. The molecule has 0 aliphatic rings. The van der Waals surface area contributed by atoms with E-state index in [1.807, 2.05) is 30.3 Å². The van der Waals surface area contributed by atoms with Crippen LogP contribution in [0.15, 0.2) is 113 Å². The molecule has 0 heterocycles. The van der Waals surface area contributed by atoms with Crippen molar-refractivity contribution in [1.29, 1.82) is 0 Å². The predicted octanol–water partition coefficient (Wildman–Crippen LogP) is 7.94. The number of sulfone groups is 1. The zero-order valence-electron chi connectivity index (χ0n) is 20.9. The molecule has 0 atom stereocenters. The Morgan fingerprint density at radius 3 is 1.40 bits per heavy atom. The Hall–Kier alpha value is -3.37. The molecule has 4 aromatic rings. The number of ether oxygens (including phenoxy) is 1. The van der Waals surface area contributed by atoms with Gasteiger partial charge in [-0.2, -0.15) is 0 Å². The van der Waals surface area contributed by atoms with Gasteiger partial charge in [0.25, 0.3) is 0 Å². The zero-order chi connectivity index (χ0) is 25.3. The SMILES string of the molecule is CC(C)(C)c1ccc(S(=O)(=O)c2ccc(Oc3ccc(C(C)(C)c4ccccc4)cc3)cc2)cc1. The summed E-state index contributed by atoms with van der Waals surface area (Å²) in [6.07, 6.45) is 0. The fourth-order valence-electron chi connectivity index (χ4n) is 4.05. The van der Waals surface area contributed by atoms with Crippen molar-refractivity contribution in [2.75, 3.05) is 0 Å². The van der Waals surface area contributed by atoms with Crippen LogP contribution in [-0.4, -0.2) is 8.42 Å². The summed E-state index contributed by atoms with van der Waals surface area (Å²) in [7, 11) is -3.59. The molecular weight excluding hydrogens is 452 g/mol. The van der Waals surface area contributed by atoms with Crippen LogP contribution in [0.4, 0.5) is 0 Å². The summed E-state index contributed by atoms with van der Waals surface area (Å²) in [5.74, 6) is 1.29. The fraction of sp³-hybridized carbons (Fsp3) is 0.226. The van der Waals surface area contributed by atoms with Crippen molar-refractivity contribution >= 4 is 9.84 Å². The van der Waals surface area contributed by atoms with Crippen molar-refractivity contribution < 1.29 is 13.2 Å². The van der Waals surface area contributed by atoms with Gasteiger partial charge < -0.3 is 4.74 Å². The quantitative estimate of drug-likeness (QED) is 0.279. The second kappa shape index (κ2) is 9.35. The molecule has 0 N–H and O–H groups in total. The molecule has 0 saturated carbocycles. The van der Waals surface area contributed by atoms with Crippen LogP contribution >= 0.6 is 0 Å². The van der Waals surface area contributed by atoms with Gasteiger partial charge in [-0.25, -0.2) is 8.42 Å². The maximum absolute atomic E-state index is 13.1. The van der Waals surface area contributed by atoms with Crippen molar-refractivity contribution in [2.45, 2.75) is 55.2 Å². The molecule has 4 rings (SSSR count). The summed E-state index contributed by atoms with van der Waals surface area (Å²) < 4.78 is 32.1. The molecule has 0 aliphatic carbocycles. The molecule has 0 aliphatic heterocycles. The van der Waals surface area contributed by atoms with Crippen molar-refractivity contribution in [1.82, 2.24) is 0 Å². The summed E-state index contributed by atoms with van der Waals surface area (Å²) in [5.41, 5.74) is 3.38. The topological polar surface area (TPSA) is 43.4 Å². The van der Waals surface area contributed by atoms with Crippen molar-refractivity contribution in [2.24, 2.45) is 0 Å². The highest BCUT2D eigenvalue weighted by Gasteiger charge is 2.23. The minimum Gasteiger partial charge on any atom is -0.457 e. The largest absolute Gasteiger partial charge is 0.457 e. The summed E-state index contributed by atoms with van der Waals surface area (Å²) in [4.78, 5) is 0.532. The Morgan fingerprint density at radius 2 is 0.914 bits per heavy atom. The maximum Gasteiger partial charge on any atom is 0.206 e. The standard InChI is InChI=1S/C31H32O3S/c1-30(2,3)23-13-19-28(20-14-23)35(32,33)29-21-17-27(18-22-29)34-26-15-11-25(12-16-26)31(4,5)24-9-7-6-8-10-24/h6-22H,1-5H3. The van der Waals surface area contributed by atoms with E-state index in [2.05, 4.69) is 71.0 Å². The van der Waals surface area contributed by atoms with Crippen LogP contribution in [0.25, 0.3) is 0 Å². The van der Waals surface area contributed by atoms with Crippen LogP contribution in [0.1, 0.15) is 51.3 Å². The Kier molecular flexibility index (Phi) is 6.61. The van der Waals surface area contributed by atoms with E-state index in [9.17, 15) is 8.42 Å². The Balaban J connectivity index is 1.48. The van der Waals surface area contributed by atoms with E-state index < -0.39 is 9.84 Å². The zero-order valence-corrected chi connectivity index (χ0v) is 21.8. The monoisotopic (exact) mass is 484 g/mol. The molecule has 0 spiro atoms. The van der Waals surface area contributed by atoms with Gasteiger partial charge in [-0.1, -0.05) is 89.2 Å². The van der Waals surface area contributed by atoms with E-state index in [0.29, 0.717) is 11.5 Å². The molecular formula is C31H32O3S. The first kappa shape index (κ1) is 24.7. The van der Waals surface area contributed by atoms with E-state index in [-0.39, 0.29) is 20.6 Å². The Morgan fingerprint density at radius 1 is 0.514 bits per heavy atom. The van der Waals surface area contributed by atoms with Gasteiger partial charge in [-0.05, 0) is 70.6 Å². The molecule has 35 heavy (non-hydrogen) atoms.